The maximum absolute atomic E-state index is 13.1. The zero-order valence-corrected chi connectivity index (χ0v) is 20.6. The summed E-state index contributed by atoms with van der Waals surface area (Å²) >= 11 is 6.66. The van der Waals surface area contributed by atoms with Crippen LogP contribution in [0.25, 0.3) is 6.08 Å². The molecule has 176 valence electrons. The van der Waals surface area contributed by atoms with Crippen LogP contribution in [0.2, 0.25) is 0 Å². The number of aliphatic carboxylic acids is 1. The monoisotopic (exact) mass is 488 g/mol. The van der Waals surface area contributed by atoms with E-state index in [1.807, 2.05) is 13.0 Å². The number of thioether (sulfide) groups is 1. The van der Waals surface area contributed by atoms with Gasteiger partial charge >= 0.3 is 5.97 Å². The fourth-order valence-corrected chi connectivity index (χ4v) is 5.54. The average Bonchev–Trinajstić information content (AvgIpc) is 3.39. The maximum Gasteiger partial charge on any atom is 0.303 e. The third kappa shape index (κ3) is 5.31. The van der Waals surface area contributed by atoms with Crippen LogP contribution in [0.3, 0.4) is 0 Å². The van der Waals surface area contributed by atoms with E-state index in [0.29, 0.717) is 47.1 Å². The van der Waals surface area contributed by atoms with Gasteiger partial charge in [-0.3, -0.25) is 23.9 Å². The number of carbonyl (C=O) groups is 2. The van der Waals surface area contributed by atoms with E-state index in [-0.39, 0.29) is 23.5 Å². The molecule has 0 bridgehead atoms. The highest BCUT2D eigenvalue weighted by Gasteiger charge is 2.33. The Labute approximate surface area is 202 Å². The number of carboxylic acid groups (broad SMARTS) is 1. The molecular weight excluding hydrogens is 460 g/mol. The standard InChI is InChI=1S/C23H28N4O4S2/c1-3-26-20(25-10-7-8-11-25)16(15(2)17(14-24)21(26)30)13-18-22(31)27(23(32)33-18)12-6-4-5-9-19(28)29/h13H,3-12H2,1-2H3,(H,28,29)/b18-13+. The predicted octanol–water partition coefficient (Wildman–Crippen LogP) is 3.49. The smallest absolute Gasteiger partial charge is 0.303 e. The van der Waals surface area contributed by atoms with Crippen molar-refractivity contribution in [3.63, 3.8) is 0 Å². The van der Waals surface area contributed by atoms with Crippen molar-refractivity contribution in [3.05, 3.63) is 31.9 Å². The van der Waals surface area contributed by atoms with Gasteiger partial charge in [0.05, 0.1) is 4.91 Å². The topological polar surface area (TPSA) is 107 Å². The summed E-state index contributed by atoms with van der Waals surface area (Å²) in [6, 6.07) is 2.05. The van der Waals surface area contributed by atoms with Gasteiger partial charge in [-0.05, 0) is 51.2 Å². The van der Waals surface area contributed by atoms with E-state index in [1.165, 1.54) is 11.8 Å². The summed E-state index contributed by atoms with van der Waals surface area (Å²) in [5, 5.41) is 18.4. The number of anilines is 1. The summed E-state index contributed by atoms with van der Waals surface area (Å²) in [5.41, 5.74) is 1.09. The summed E-state index contributed by atoms with van der Waals surface area (Å²) in [6.07, 6.45) is 5.89. The lowest BCUT2D eigenvalue weighted by molar-refractivity contribution is -0.137. The number of amides is 1. The van der Waals surface area contributed by atoms with Gasteiger partial charge in [-0.2, -0.15) is 5.26 Å². The summed E-state index contributed by atoms with van der Waals surface area (Å²) in [7, 11) is 0. The molecule has 1 N–H and O–H groups in total. The minimum atomic E-state index is -0.821. The maximum atomic E-state index is 13.1. The zero-order chi connectivity index (χ0) is 24.1. The van der Waals surface area contributed by atoms with Crippen molar-refractivity contribution >= 4 is 52.1 Å². The number of pyridine rings is 1. The average molecular weight is 489 g/mol. The lowest BCUT2D eigenvalue weighted by Gasteiger charge is -2.26. The van der Waals surface area contributed by atoms with Crippen LogP contribution in [-0.2, 0) is 16.1 Å². The second-order valence-electron chi connectivity index (χ2n) is 8.13. The van der Waals surface area contributed by atoms with Gasteiger partial charge < -0.3 is 10.0 Å². The molecule has 2 aliphatic rings. The Bertz CT molecular complexity index is 1100. The largest absolute Gasteiger partial charge is 0.481 e. The number of hydrogen-bond donors (Lipinski definition) is 1. The van der Waals surface area contributed by atoms with Crippen molar-refractivity contribution in [3.8, 4) is 6.07 Å². The number of rotatable bonds is 9. The fraction of sp³-hybridized carbons (Fsp3) is 0.522. The van der Waals surface area contributed by atoms with E-state index in [9.17, 15) is 19.6 Å². The van der Waals surface area contributed by atoms with Gasteiger partial charge in [-0.25, -0.2) is 0 Å². The number of nitrogens with zero attached hydrogens (tertiary/aromatic N) is 4. The Balaban J connectivity index is 1.94. The first-order valence-electron chi connectivity index (χ1n) is 11.2. The molecule has 0 atom stereocenters. The van der Waals surface area contributed by atoms with Crippen LogP contribution in [0.1, 0.15) is 62.1 Å². The lowest BCUT2D eigenvalue weighted by atomic mass is 10.0. The molecule has 0 unspecified atom stereocenters. The molecule has 2 aliphatic heterocycles. The van der Waals surface area contributed by atoms with E-state index in [2.05, 4.69) is 4.90 Å². The molecule has 1 amide bonds. The molecule has 2 fully saturated rings. The molecule has 0 spiro atoms. The Morgan fingerprint density at radius 2 is 1.94 bits per heavy atom. The molecule has 0 saturated carbocycles. The van der Waals surface area contributed by atoms with Crippen molar-refractivity contribution in [1.29, 1.82) is 5.26 Å². The summed E-state index contributed by atoms with van der Waals surface area (Å²) in [6.45, 7) is 6.15. The lowest BCUT2D eigenvalue weighted by Crippen LogP contribution is -2.33. The third-order valence-corrected chi connectivity index (χ3v) is 7.37. The molecule has 33 heavy (non-hydrogen) atoms. The molecule has 1 aromatic heterocycles. The van der Waals surface area contributed by atoms with Crippen molar-refractivity contribution in [2.24, 2.45) is 0 Å². The first-order valence-corrected chi connectivity index (χ1v) is 12.4. The summed E-state index contributed by atoms with van der Waals surface area (Å²) in [5.74, 6) is -0.254. The summed E-state index contributed by atoms with van der Waals surface area (Å²) in [4.78, 5) is 40.9. The third-order valence-electron chi connectivity index (χ3n) is 5.99. The Hall–Kier alpha value is -2.64. The number of hydrogen-bond acceptors (Lipinski definition) is 7. The van der Waals surface area contributed by atoms with Gasteiger partial charge in [0.2, 0.25) is 0 Å². The highest BCUT2D eigenvalue weighted by Crippen LogP contribution is 2.36. The van der Waals surface area contributed by atoms with Crippen molar-refractivity contribution < 1.29 is 14.7 Å². The van der Waals surface area contributed by atoms with E-state index in [4.69, 9.17) is 17.3 Å². The first kappa shape index (κ1) is 25.0. The van der Waals surface area contributed by atoms with Crippen LogP contribution in [0, 0.1) is 18.3 Å². The summed E-state index contributed by atoms with van der Waals surface area (Å²) < 4.78 is 2.10. The van der Waals surface area contributed by atoms with Crippen LogP contribution < -0.4 is 10.5 Å². The number of carbonyl (C=O) groups excluding carboxylic acids is 1. The molecule has 2 saturated heterocycles. The van der Waals surface area contributed by atoms with Gasteiger partial charge in [0.1, 0.15) is 21.8 Å². The Morgan fingerprint density at radius 1 is 1.24 bits per heavy atom. The molecule has 0 radical (unpaired) electrons. The van der Waals surface area contributed by atoms with Crippen LogP contribution in [0.5, 0.6) is 0 Å². The molecule has 8 nitrogen and oxygen atoms in total. The molecule has 0 aromatic carbocycles. The number of carboxylic acids is 1. The normalized spacial score (nSPS) is 17.3. The number of thiocarbonyl (C=S) groups is 1. The van der Waals surface area contributed by atoms with Crippen LogP contribution in [0.15, 0.2) is 9.70 Å². The van der Waals surface area contributed by atoms with Crippen molar-refractivity contribution in [2.75, 3.05) is 24.5 Å². The molecule has 3 heterocycles. The van der Waals surface area contributed by atoms with Crippen LogP contribution >= 0.6 is 24.0 Å². The quantitative estimate of drug-likeness (QED) is 0.320. The molecule has 3 rings (SSSR count). The van der Waals surface area contributed by atoms with E-state index < -0.39 is 5.97 Å². The second kappa shape index (κ2) is 11.0. The zero-order valence-electron chi connectivity index (χ0n) is 18.9. The minimum Gasteiger partial charge on any atom is -0.481 e. The Kier molecular flexibility index (Phi) is 8.32. The van der Waals surface area contributed by atoms with Gasteiger partial charge in [0.15, 0.2) is 0 Å². The second-order valence-corrected chi connectivity index (χ2v) is 9.81. The molecule has 1 aromatic rings. The van der Waals surface area contributed by atoms with Gasteiger partial charge in [-0.1, -0.05) is 30.4 Å². The first-order chi connectivity index (χ1) is 15.8. The van der Waals surface area contributed by atoms with Crippen LogP contribution in [0.4, 0.5) is 5.82 Å². The minimum absolute atomic E-state index is 0.0972. The highest BCUT2D eigenvalue weighted by molar-refractivity contribution is 8.26. The van der Waals surface area contributed by atoms with Gasteiger partial charge in [0, 0.05) is 38.2 Å². The number of nitriles is 1. The highest BCUT2D eigenvalue weighted by atomic mass is 32.2. The number of unbranched alkanes of at least 4 members (excludes halogenated alkanes) is 2. The van der Waals surface area contributed by atoms with Gasteiger partial charge in [-0.15, -0.1) is 0 Å². The molecule has 10 heteroatoms. The van der Waals surface area contributed by atoms with Crippen molar-refractivity contribution in [1.82, 2.24) is 9.47 Å². The SMILES string of the molecule is CCn1c(N2CCCC2)c(/C=C2/SC(=S)N(CCCCCC(=O)O)C2=O)c(C)c(C#N)c1=O. The van der Waals surface area contributed by atoms with E-state index in [0.717, 1.165) is 37.3 Å². The fourth-order valence-electron chi connectivity index (χ4n) is 4.25. The molecular formula is C23H28N4O4S2. The predicted molar refractivity (Wildman–Crippen MR) is 133 cm³/mol. The Morgan fingerprint density at radius 3 is 2.55 bits per heavy atom. The van der Waals surface area contributed by atoms with Crippen molar-refractivity contribution in [2.45, 2.75) is 58.9 Å². The van der Waals surface area contributed by atoms with E-state index >= 15 is 0 Å². The van der Waals surface area contributed by atoms with E-state index in [1.54, 1.807) is 22.5 Å². The number of aromatic nitrogens is 1. The van der Waals surface area contributed by atoms with Gasteiger partial charge in [0.25, 0.3) is 11.5 Å². The molecule has 0 aliphatic carbocycles. The van der Waals surface area contributed by atoms with Crippen LogP contribution in [-0.4, -0.2) is 50.4 Å².